The summed E-state index contributed by atoms with van der Waals surface area (Å²) in [4.78, 5) is 25.8. The maximum absolute atomic E-state index is 12.7. The molecule has 0 bridgehead atoms. The summed E-state index contributed by atoms with van der Waals surface area (Å²) < 4.78 is 39.6. The van der Waals surface area contributed by atoms with E-state index >= 15 is 0 Å². The first-order chi connectivity index (χ1) is 14.3. The Kier molecular flexibility index (Phi) is 5.12. The van der Waals surface area contributed by atoms with Gasteiger partial charge in [0.05, 0.1) is 17.8 Å². The molecule has 7 nitrogen and oxygen atoms in total. The molecule has 0 radical (unpaired) electrons. The second-order valence-electron chi connectivity index (χ2n) is 6.40. The molecule has 0 saturated heterocycles. The van der Waals surface area contributed by atoms with Crippen LogP contribution in [0.2, 0.25) is 0 Å². The van der Waals surface area contributed by atoms with Crippen LogP contribution in [0.4, 0.5) is 24.0 Å². The van der Waals surface area contributed by atoms with Crippen LogP contribution in [0.5, 0.6) is 0 Å². The molecule has 0 fully saturated rings. The second kappa shape index (κ2) is 7.75. The van der Waals surface area contributed by atoms with Gasteiger partial charge in [-0.05, 0) is 37.3 Å². The number of hydrogen-bond donors (Lipinski definition) is 2. The summed E-state index contributed by atoms with van der Waals surface area (Å²) in [7, 11) is 0. The fourth-order valence-corrected chi connectivity index (χ4v) is 3.59. The lowest BCUT2D eigenvalue weighted by atomic mass is 10.2. The molecule has 1 unspecified atom stereocenters. The Labute approximate surface area is 172 Å². The summed E-state index contributed by atoms with van der Waals surface area (Å²) in [5.74, 6) is 0.116. The van der Waals surface area contributed by atoms with Gasteiger partial charge in [-0.1, -0.05) is 11.3 Å². The van der Waals surface area contributed by atoms with Gasteiger partial charge < -0.3 is 10.6 Å². The molecule has 4 rings (SSSR count). The van der Waals surface area contributed by atoms with Crippen LogP contribution in [0.1, 0.15) is 33.9 Å². The van der Waals surface area contributed by atoms with E-state index in [4.69, 9.17) is 0 Å². The lowest BCUT2D eigenvalue weighted by Crippen LogP contribution is -2.27. The molecule has 1 aromatic carbocycles. The van der Waals surface area contributed by atoms with E-state index in [9.17, 15) is 18.0 Å². The van der Waals surface area contributed by atoms with E-state index in [2.05, 4.69) is 25.6 Å². The number of alkyl halides is 3. The molecule has 1 atom stereocenters. The monoisotopic (exact) mass is 432 g/mol. The van der Waals surface area contributed by atoms with Crippen molar-refractivity contribution in [3.8, 4) is 0 Å². The van der Waals surface area contributed by atoms with Gasteiger partial charge in [0.2, 0.25) is 5.78 Å². The molecule has 30 heavy (non-hydrogen) atoms. The molecule has 2 N–H and O–H groups in total. The van der Waals surface area contributed by atoms with Crippen molar-refractivity contribution in [1.82, 2.24) is 24.7 Å². The quantitative estimate of drug-likeness (QED) is 0.487. The number of halogens is 3. The van der Waals surface area contributed by atoms with E-state index < -0.39 is 11.7 Å². The van der Waals surface area contributed by atoms with E-state index in [-0.39, 0.29) is 11.9 Å². The molecule has 11 heteroatoms. The normalized spacial score (nSPS) is 12.7. The standard InChI is InChI=1S/C19H15F3N6OS/c1-11(26-16(29)14-9-24-17-23-7-2-8-28(14)17)15-10-25-18(30-15)27-13-5-3-12(4-6-13)19(20,21)22/h2-11H,1H3,(H,25,27)(H,26,29). The molecule has 0 aliphatic carbocycles. The van der Waals surface area contributed by atoms with Crippen molar-refractivity contribution < 1.29 is 18.0 Å². The van der Waals surface area contributed by atoms with Crippen LogP contribution in [0.3, 0.4) is 0 Å². The number of aromatic nitrogens is 4. The Hall–Kier alpha value is -3.47. The third-order valence-corrected chi connectivity index (χ3v) is 5.38. The van der Waals surface area contributed by atoms with Crippen molar-refractivity contribution in [2.24, 2.45) is 0 Å². The Morgan fingerprint density at radius 1 is 1.13 bits per heavy atom. The highest BCUT2D eigenvalue weighted by molar-refractivity contribution is 7.15. The maximum atomic E-state index is 12.7. The molecule has 154 valence electrons. The number of anilines is 2. The molecular weight excluding hydrogens is 417 g/mol. The first-order valence-electron chi connectivity index (χ1n) is 8.80. The second-order valence-corrected chi connectivity index (χ2v) is 7.46. The predicted octanol–water partition coefficient (Wildman–Crippen LogP) is 4.44. The zero-order chi connectivity index (χ0) is 21.3. The van der Waals surface area contributed by atoms with Gasteiger partial charge in [0.25, 0.3) is 5.91 Å². The van der Waals surface area contributed by atoms with Crippen molar-refractivity contribution in [3.05, 3.63) is 71.3 Å². The van der Waals surface area contributed by atoms with Gasteiger partial charge in [-0.25, -0.2) is 15.0 Å². The molecule has 0 saturated carbocycles. The fourth-order valence-electron chi connectivity index (χ4n) is 2.75. The van der Waals surface area contributed by atoms with E-state index in [1.54, 1.807) is 29.1 Å². The van der Waals surface area contributed by atoms with Gasteiger partial charge in [0.1, 0.15) is 5.69 Å². The minimum Gasteiger partial charge on any atom is -0.343 e. The highest BCUT2D eigenvalue weighted by Gasteiger charge is 2.30. The number of carbonyl (C=O) groups is 1. The van der Waals surface area contributed by atoms with E-state index in [1.807, 2.05) is 6.92 Å². The molecule has 3 heterocycles. The summed E-state index contributed by atoms with van der Waals surface area (Å²) in [6.45, 7) is 1.81. The van der Waals surface area contributed by atoms with Gasteiger partial charge in [0, 0.05) is 29.2 Å². The van der Waals surface area contributed by atoms with Crippen LogP contribution in [0, 0.1) is 0 Å². The number of nitrogens with zero attached hydrogens (tertiary/aromatic N) is 4. The first-order valence-corrected chi connectivity index (χ1v) is 9.62. The smallest absolute Gasteiger partial charge is 0.343 e. The van der Waals surface area contributed by atoms with Crippen molar-refractivity contribution in [3.63, 3.8) is 0 Å². The SMILES string of the molecule is CC(NC(=O)c1cnc2ncccn12)c1cnc(Nc2ccc(C(F)(F)F)cc2)s1. The van der Waals surface area contributed by atoms with Crippen LogP contribution in [-0.4, -0.2) is 25.3 Å². The van der Waals surface area contributed by atoms with Gasteiger partial charge in [-0.15, -0.1) is 0 Å². The average Bonchev–Trinajstić information content (AvgIpc) is 3.35. The van der Waals surface area contributed by atoms with Crippen molar-refractivity contribution in [1.29, 1.82) is 0 Å². The van der Waals surface area contributed by atoms with Gasteiger partial charge >= 0.3 is 6.18 Å². The number of amides is 1. The van der Waals surface area contributed by atoms with Crippen LogP contribution < -0.4 is 10.6 Å². The number of hydrogen-bond acceptors (Lipinski definition) is 6. The molecule has 1 amide bonds. The van der Waals surface area contributed by atoms with Gasteiger partial charge in [-0.3, -0.25) is 9.20 Å². The Balaban J connectivity index is 1.42. The molecule has 3 aromatic heterocycles. The molecule has 4 aromatic rings. The summed E-state index contributed by atoms with van der Waals surface area (Å²) >= 11 is 1.29. The van der Waals surface area contributed by atoms with Crippen molar-refractivity contribution in [2.45, 2.75) is 19.1 Å². The largest absolute Gasteiger partial charge is 0.416 e. The van der Waals surface area contributed by atoms with Crippen LogP contribution >= 0.6 is 11.3 Å². The van der Waals surface area contributed by atoms with Gasteiger partial charge in [0.15, 0.2) is 5.13 Å². The predicted molar refractivity (Wildman–Crippen MR) is 106 cm³/mol. The number of imidazole rings is 1. The molecule has 0 aliphatic rings. The van der Waals surface area contributed by atoms with E-state index in [0.717, 1.165) is 17.0 Å². The van der Waals surface area contributed by atoms with Crippen LogP contribution in [-0.2, 0) is 6.18 Å². The summed E-state index contributed by atoms with van der Waals surface area (Å²) in [6, 6.07) is 6.06. The van der Waals surface area contributed by atoms with E-state index in [0.29, 0.717) is 22.3 Å². The topological polar surface area (TPSA) is 84.2 Å². The lowest BCUT2D eigenvalue weighted by Gasteiger charge is -2.11. The number of thiazole rings is 1. The lowest BCUT2D eigenvalue weighted by molar-refractivity contribution is -0.137. The third-order valence-electron chi connectivity index (χ3n) is 4.28. The number of carbonyl (C=O) groups excluding carboxylic acids is 1. The fraction of sp³-hybridized carbons (Fsp3) is 0.158. The number of fused-ring (bicyclic) bond motifs is 1. The molecule has 0 spiro atoms. The number of benzene rings is 1. The zero-order valence-corrected chi connectivity index (χ0v) is 16.3. The van der Waals surface area contributed by atoms with E-state index in [1.165, 1.54) is 29.7 Å². The minimum atomic E-state index is -4.38. The van der Waals surface area contributed by atoms with Crippen LogP contribution in [0.15, 0.2) is 55.1 Å². The summed E-state index contributed by atoms with van der Waals surface area (Å²) in [5, 5.41) is 6.35. The first kappa shape index (κ1) is 19.8. The van der Waals surface area contributed by atoms with Crippen LogP contribution in [0.25, 0.3) is 5.78 Å². The Bertz CT molecular complexity index is 1180. The molecule has 0 aliphatic heterocycles. The van der Waals surface area contributed by atoms with Crippen molar-refractivity contribution in [2.75, 3.05) is 5.32 Å². The molecular formula is C19H15F3N6OS. The van der Waals surface area contributed by atoms with Gasteiger partial charge in [-0.2, -0.15) is 13.2 Å². The average molecular weight is 432 g/mol. The number of rotatable bonds is 5. The zero-order valence-electron chi connectivity index (χ0n) is 15.5. The summed E-state index contributed by atoms with van der Waals surface area (Å²) in [6.07, 6.45) is 1.98. The Morgan fingerprint density at radius 2 is 1.90 bits per heavy atom. The third kappa shape index (κ3) is 4.10. The minimum absolute atomic E-state index is 0.311. The highest BCUT2D eigenvalue weighted by Crippen LogP contribution is 2.31. The summed E-state index contributed by atoms with van der Waals surface area (Å²) in [5.41, 5.74) is 0.128. The van der Waals surface area contributed by atoms with Crippen molar-refractivity contribution >= 4 is 33.8 Å². The maximum Gasteiger partial charge on any atom is 0.416 e. The highest BCUT2D eigenvalue weighted by atomic mass is 32.1. The number of nitrogens with one attached hydrogen (secondary N) is 2. The Morgan fingerprint density at radius 3 is 2.63 bits per heavy atom.